The Morgan fingerprint density at radius 2 is 2.10 bits per heavy atom. The van der Waals surface area contributed by atoms with Crippen molar-refractivity contribution in [1.82, 2.24) is 5.32 Å². The van der Waals surface area contributed by atoms with Gasteiger partial charge in [0.2, 0.25) is 0 Å². The number of benzene rings is 1. The zero-order valence-corrected chi connectivity index (χ0v) is 13.9. The minimum absolute atomic E-state index is 0.0316. The third-order valence-corrected chi connectivity index (χ3v) is 4.13. The number of nitriles is 1. The molecule has 0 saturated carbocycles. The summed E-state index contributed by atoms with van der Waals surface area (Å²) < 4.78 is 5.00. The van der Waals surface area contributed by atoms with Crippen molar-refractivity contribution in [3.05, 3.63) is 29.3 Å². The maximum absolute atomic E-state index is 9.42. The highest BCUT2D eigenvalue weighted by Crippen LogP contribution is 2.28. The first-order valence-electron chi connectivity index (χ1n) is 7.42. The summed E-state index contributed by atoms with van der Waals surface area (Å²) in [6.07, 6.45) is 1.02. The van der Waals surface area contributed by atoms with Gasteiger partial charge in [-0.25, -0.2) is 0 Å². The Morgan fingerprint density at radius 1 is 1.38 bits per heavy atom. The fraction of sp³-hybridized carbons (Fsp3) is 0.588. The van der Waals surface area contributed by atoms with E-state index >= 15 is 0 Å². The van der Waals surface area contributed by atoms with Gasteiger partial charge in [0.25, 0.3) is 0 Å². The van der Waals surface area contributed by atoms with Crippen molar-refractivity contribution in [2.75, 3.05) is 32.2 Å². The summed E-state index contributed by atoms with van der Waals surface area (Å²) in [5.41, 5.74) is 2.87. The minimum atomic E-state index is 0.0316. The molecule has 0 aliphatic rings. The predicted octanol–water partition coefficient (Wildman–Crippen LogP) is 2.92. The molecule has 0 fully saturated rings. The molecule has 0 atom stereocenters. The van der Waals surface area contributed by atoms with Crippen LogP contribution in [0.25, 0.3) is 0 Å². The van der Waals surface area contributed by atoms with E-state index in [-0.39, 0.29) is 5.54 Å². The van der Waals surface area contributed by atoms with Crippen LogP contribution < -0.4 is 10.2 Å². The van der Waals surface area contributed by atoms with Gasteiger partial charge < -0.3 is 15.0 Å². The van der Waals surface area contributed by atoms with Crippen LogP contribution in [-0.4, -0.2) is 32.8 Å². The Hall–Kier alpha value is -1.57. The first-order valence-corrected chi connectivity index (χ1v) is 7.42. The summed E-state index contributed by atoms with van der Waals surface area (Å²) in [6.45, 7) is 8.79. The fourth-order valence-electron chi connectivity index (χ4n) is 2.05. The van der Waals surface area contributed by atoms with Crippen molar-refractivity contribution in [1.29, 1.82) is 5.26 Å². The summed E-state index contributed by atoms with van der Waals surface area (Å²) in [5.74, 6) is 0. The molecule has 1 N–H and O–H groups in total. The number of anilines is 1. The molecule has 0 heterocycles. The Morgan fingerprint density at radius 3 is 2.67 bits per heavy atom. The zero-order valence-electron chi connectivity index (χ0n) is 13.9. The van der Waals surface area contributed by atoms with Crippen LogP contribution in [0.5, 0.6) is 0 Å². The molecule has 21 heavy (non-hydrogen) atoms. The molecule has 116 valence electrons. The number of ether oxygens (including phenoxy) is 1. The number of nitrogens with one attached hydrogen (secondary N) is 1. The topological polar surface area (TPSA) is 48.3 Å². The highest BCUT2D eigenvalue weighted by Gasteiger charge is 2.23. The first kappa shape index (κ1) is 17.5. The number of nitrogens with zero attached hydrogens (tertiary/aromatic N) is 2. The van der Waals surface area contributed by atoms with Crippen molar-refractivity contribution in [3.63, 3.8) is 0 Å². The SMILES string of the molecule is CCC(C)(C)N(C)c1ccc(CNCCOC)cc1C#N. The summed E-state index contributed by atoms with van der Waals surface area (Å²) in [5, 5.41) is 12.7. The lowest BCUT2D eigenvalue weighted by Crippen LogP contribution is -2.41. The average Bonchev–Trinajstić information content (AvgIpc) is 2.50. The van der Waals surface area contributed by atoms with E-state index in [1.165, 1.54) is 0 Å². The highest BCUT2D eigenvalue weighted by molar-refractivity contribution is 5.61. The Kier molecular flexibility index (Phi) is 6.67. The van der Waals surface area contributed by atoms with Gasteiger partial charge >= 0.3 is 0 Å². The molecule has 1 aromatic rings. The van der Waals surface area contributed by atoms with Crippen LogP contribution in [0, 0.1) is 11.3 Å². The molecule has 0 spiro atoms. The second-order valence-corrected chi connectivity index (χ2v) is 5.86. The van der Waals surface area contributed by atoms with Crippen LogP contribution in [0.15, 0.2) is 18.2 Å². The minimum Gasteiger partial charge on any atom is -0.383 e. The summed E-state index contributed by atoms with van der Waals surface area (Å²) in [6, 6.07) is 8.42. The normalized spacial score (nSPS) is 11.2. The van der Waals surface area contributed by atoms with Crippen LogP contribution in [0.4, 0.5) is 5.69 Å². The molecular formula is C17H27N3O. The third-order valence-electron chi connectivity index (χ3n) is 4.13. The van der Waals surface area contributed by atoms with E-state index in [9.17, 15) is 5.26 Å². The monoisotopic (exact) mass is 289 g/mol. The maximum atomic E-state index is 9.42. The molecule has 0 bridgehead atoms. The Labute approximate surface area is 128 Å². The van der Waals surface area contributed by atoms with E-state index in [0.29, 0.717) is 6.61 Å². The van der Waals surface area contributed by atoms with Gasteiger partial charge in [-0.1, -0.05) is 13.0 Å². The van der Waals surface area contributed by atoms with Crippen molar-refractivity contribution >= 4 is 5.69 Å². The molecule has 0 aromatic heterocycles. The van der Waals surface area contributed by atoms with Crippen LogP contribution >= 0.6 is 0 Å². The summed E-state index contributed by atoms with van der Waals surface area (Å²) in [7, 11) is 3.74. The van der Waals surface area contributed by atoms with Crippen LogP contribution in [0.1, 0.15) is 38.3 Å². The van der Waals surface area contributed by atoms with E-state index in [1.807, 2.05) is 12.1 Å². The van der Waals surface area contributed by atoms with Crippen molar-refractivity contribution in [2.45, 2.75) is 39.3 Å². The number of rotatable bonds is 8. The Bertz CT molecular complexity index is 491. The predicted molar refractivity (Wildman–Crippen MR) is 87.5 cm³/mol. The van der Waals surface area contributed by atoms with E-state index in [0.717, 1.165) is 36.3 Å². The van der Waals surface area contributed by atoms with Crippen molar-refractivity contribution in [3.8, 4) is 6.07 Å². The molecule has 0 radical (unpaired) electrons. The van der Waals surface area contributed by atoms with E-state index in [1.54, 1.807) is 7.11 Å². The van der Waals surface area contributed by atoms with Crippen molar-refractivity contribution < 1.29 is 4.74 Å². The summed E-state index contributed by atoms with van der Waals surface area (Å²) in [4.78, 5) is 2.19. The van der Waals surface area contributed by atoms with Gasteiger partial charge in [-0.05, 0) is 38.0 Å². The molecule has 1 aromatic carbocycles. The maximum Gasteiger partial charge on any atom is 0.101 e. The standard InChI is InChI=1S/C17H27N3O/c1-6-17(2,3)20(4)16-8-7-14(11-15(16)12-18)13-19-9-10-21-5/h7-8,11,19H,6,9-10,13H2,1-5H3. The lowest BCUT2D eigenvalue weighted by Gasteiger charge is -2.37. The quantitative estimate of drug-likeness (QED) is 0.748. The molecular weight excluding hydrogens is 262 g/mol. The van der Waals surface area contributed by atoms with Gasteiger partial charge in [0.15, 0.2) is 0 Å². The third kappa shape index (κ3) is 4.73. The zero-order chi connectivity index (χ0) is 15.9. The number of hydrogen-bond acceptors (Lipinski definition) is 4. The van der Waals surface area contributed by atoms with Crippen LogP contribution in [-0.2, 0) is 11.3 Å². The van der Waals surface area contributed by atoms with Crippen LogP contribution in [0.2, 0.25) is 0 Å². The lowest BCUT2D eigenvalue weighted by molar-refractivity contribution is 0.199. The van der Waals surface area contributed by atoms with Gasteiger partial charge in [0.05, 0.1) is 17.9 Å². The van der Waals surface area contributed by atoms with Gasteiger partial charge in [-0.15, -0.1) is 0 Å². The van der Waals surface area contributed by atoms with Crippen molar-refractivity contribution in [2.24, 2.45) is 0 Å². The number of hydrogen-bond donors (Lipinski definition) is 1. The number of methoxy groups -OCH3 is 1. The first-order chi connectivity index (χ1) is 9.96. The van der Waals surface area contributed by atoms with Gasteiger partial charge in [-0.3, -0.25) is 0 Å². The molecule has 0 saturated heterocycles. The second kappa shape index (κ2) is 8.02. The highest BCUT2D eigenvalue weighted by atomic mass is 16.5. The van der Waals surface area contributed by atoms with E-state index in [2.05, 4.69) is 50.2 Å². The molecule has 0 amide bonds. The average molecular weight is 289 g/mol. The molecule has 0 aliphatic heterocycles. The smallest absolute Gasteiger partial charge is 0.101 e. The van der Waals surface area contributed by atoms with Crippen LogP contribution in [0.3, 0.4) is 0 Å². The molecule has 0 aliphatic carbocycles. The molecule has 0 unspecified atom stereocenters. The van der Waals surface area contributed by atoms with Gasteiger partial charge in [0, 0.05) is 32.8 Å². The van der Waals surface area contributed by atoms with E-state index < -0.39 is 0 Å². The Balaban J connectivity index is 2.87. The lowest BCUT2D eigenvalue weighted by atomic mass is 9.97. The van der Waals surface area contributed by atoms with E-state index in [4.69, 9.17) is 4.74 Å². The summed E-state index contributed by atoms with van der Waals surface area (Å²) >= 11 is 0. The largest absolute Gasteiger partial charge is 0.383 e. The molecule has 4 nitrogen and oxygen atoms in total. The fourth-order valence-corrected chi connectivity index (χ4v) is 2.05. The van der Waals surface area contributed by atoms with Gasteiger partial charge in [0.1, 0.15) is 6.07 Å². The molecule has 4 heteroatoms. The molecule has 1 rings (SSSR count). The van der Waals surface area contributed by atoms with Gasteiger partial charge in [-0.2, -0.15) is 5.26 Å². The second-order valence-electron chi connectivity index (χ2n) is 5.86.